The van der Waals surface area contributed by atoms with Crippen molar-refractivity contribution in [3.63, 3.8) is 0 Å². The molecule has 1 aliphatic carbocycles. The maximum atomic E-state index is 4.28. The summed E-state index contributed by atoms with van der Waals surface area (Å²) in [7, 11) is 1.91. The zero-order valence-electron chi connectivity index (χ0n) is 12.8. The summed E-state index contributed by atoms with van der Waals surface area (Å²) in [5, 5.41) is 7.78. The first-order chi connectivity index (χ1) is 8.95. The van der Waals surface area contributed by atoms with Crippen LogP contribution in [0.15, 0.2) is 6.33 Å². The normalized spacial score (nSPS) is 24.6. The van der Waals surface area contributed by atoms with Gasteiger partial charge in [-0.15, -0.1) is 0 Å². The molecule has 4 heteroatoms. The Kier molecular flexibility index (Phi) is 4.61. The van der Waals surface area contributed by atoms with Gasteiger partial charge in [0.05, 0.1) is 6.54 Å². The molecule has 0 saturated heterocycles. The fourth-order valence-corrected chi connectivity index (χ4v) is 3.09. The number of rotatable bonds is 4. The molecule has 0 atom stereocenters. The van der Waals surface area contributed by atoms with Gasteiger partial charge in [0, 0.05) is 7.05 Å². The van der Waals surface area contributed by atoms with E-state index < -0.39 is 0 Å². The maximum Gasteiger partial charge on any atom is 0.164 e. The molecular formula is C15H28N4. The molecule has 0 unspecified atom stereocenters. The summed E-state index contributed by atoms with van der Waals surface area (Å²) in [6.45, 7) is 9.03. The van der Waals surface area contributed by atoms with Gasteiger partial charge >= 0.3 is 0 Å². The number of hydrogen-bond donors (Lipinski definition) is 1. The Hall–Kier alpha value is -0.900. The van der Waals surface area contributed by atoms with Gasteiger partial charge in [-0.1, -0.05) is 20.8 Å². The first kappa shape index (κ1) is 14.5. The quantitative estimate of drug-likeness (QED) is 0.909. The SMILES string of the molecule is Cn1cnc(CNCC2CCC(C(C)(C)C)CC2)n1. The standard InChI is InChI=1S/C15H28N4/c1-15(2,3)13-7-5-12(6-8-13)9-16-10-14-17-11-19(4)18-14/h11-13,16H,5-10H2,1-4H3. The lowest BCUT2D eigenvalue weighted by molar-refractivity contribution is 0.149. The lowest BCUT2D eigenvalue weighted by Gasteiger charge is -2.37. The highest BCUT2D eigenvalue weighted by Gasteiger charge is 2.29. The van der Waals surface area contributed by atoms with Gasteiger partial charge < -0.3 is 5.32 Å². The van der Waals surface area contributed by atoms with E-state index in [1.807, 2.05) is 7.05 Å². The van der Waals surface area contributed by atoms with Gasteiger partial charge in [-0.2, -0.15) is 5.10 Å². The van der Waals surface area contributed by atoms with Gasteiger partial charge in [0.1, 0.15) is 6.33 Å². The first-order valence-electron chi connectivity index (χ1n) is 7.50. The molecule has 0 aliphatic heterocycles. The summed E-state index contributed by atoms with van der Waals surface area (Å²) in [5.74, 6) is 2.63. The van der Waals surface area contributed by atoms with Gasteiger partial charge in [0.25, 0.3) is 0 Å². The van der Waals surface area contributed by atoms with Crippen LogP contribution in [-0.4, -0.2) is 21.3 Å². The predicted molar refractivity (Wildman–Crippen MR) is 77.6 cm³/mol. The largest absolute Gasteiger partial charge is 0.310 e. The van der Waals surface area contributed by atoms with Crippen LogP contribution >= 0.6 is 0 Å². The lowest BCUT2D eigenvalue weighted by atomic mass is 9.70. The van der Waals surface area contributed by atoms with Crippen molar-refractivity contribution in [2.75, 3.05) is 6.54 Å². The highest BCUT2D eigenvalue weighted by atomic mass is 15.3. The van der Waals surface area contributed by atoms with Crippen LogP contribution in [0.5, 0.6) is 0 Å². The second kappa shape index (κ2) is 6.04. The molecule has 1 aliphatic rings. The van der Waals surface area contributed by atoms with Crippen molar-refractivity contribution in [1.29, 1.82) is 0 Å². The Morgan fingerprint density at radius 2 is 1.95 bits per heavy atom. The number of aromatic nitrogens is 3. The summed E-state index contributed by atoms with van der Waals surface area (Å²) < 4.78 is 1.76. The van der Waals surface area contributed by atoms with Crippen LogP contribution in [0.4, 0.5) is 0 Å². The van der Waals surface area contributed by atoms with E-state index in [0.717, 1.165) is 30.7 Å². The van der Waals surface area contributed by atoms with Crippen LogP contribution < -0.4 is 5.32 Å². The third-order valence-corrected chi connectivity index (χ3v) is 4.43. The minimum absolute atomic E-state index is 0.482. The van der Waals surface area contributed by atoms with E-state index in [0.29, 0.717) is 5.41 Å². The van der Waals surface area contributed by atoms with Gasteiger partial charge in [0.2, 0.25) is 0 Å². The van der Waals surface area contributed by atoms with E-state index >= 15 is 0 Å². The molecule has 0 spiro atoms. The topological polar surface area (TPSA) is 42.7 Å². The molecule has 1 aromatic rings. The number of aryl methyl sites for hydroxylation is 1. The Balaban J connectivity index is 1.66. The zero-order chi connectivity index (χ0) is 13.9. The zero-order valence-corrected chi connectivity index (χ0v) is 12.8. The third kappa shape index (κ3) is 4.30. The average Bonchev–Trinajstić information content (AvgIpc) is 2.75. The summed E-state index contributed by atoms with van der Waals surface area (Å²) in [6, 6.07) is 0. The molecule has 0 amide bonds. The van der Waals surface area contributed by atoms with Crippen LogP contribution in [0, 0.1) is 17.3 Å². The Bertz CT molecular complexity index is 383. The maximum absolute atomic E-state index is 4.28. The fraction of sp³-hybridized carbons (Fsp3) is 0.867. The lowest BCUT2D eigenvalue weighted by Crippen LogP contribution is -2.30. The minimum Gasteiger partial charge on any atom is -0.310 e. The van der Waals surface area contributed by atoms with Crippen LogP contribution in [-0.2, 0) is 13.6 Å². The summed E-state index contributed by atoms with van der Waals surface area (Å²) in [4.78, 5) is 4.23. The van der Waals surface area contributed by atoms with Gasteiger partial charge in [-0.3, -0.25) is 4.68 Å². The number of nitrogens with zero attached hydrogens (tertiary/aromatic N) is 3. The Morgan fingerprint density at radius 3 is 2.47 bits per heavy atom. The van der Waals surface area contributed by atoms with Crippen LogP contribution in [0.2, 0.25) is 0 Å². The molecule has 1 N–H and O–H groups in total. The minimum atomic E-state index is 0.482. The average molecular weight is 264 g/mol. The van der Waals surface area contributed by atoms with Crippen LogP contribution in [0.3, 0.4) is 0 Å². The highest BCUT2D eigenvalue weighted by molar-refractivity contribution is 4.83. The van der Waals surface area contributed by atoms with Crippen molar-refractivity contribution < 1.29 is 0 Å². The molecule has 19 heavy (non-hydrogen) atoms. The molecule has 1 fully saturated rings. The van der Waals surface area contributed by atoms with E-state index in [1.54, 1.807) is 11.0 Å². The van der Waals surface area contributed by atoms with Crippen molar-refractivity contribution in [3.05, 3.63) is 12.2 Å². The third-order valence-electron chi connectivity index (χ3n) is 4.43. The molecule has 1 aromatic heterocycles. The second-order valence-corrected chi connectivity index (χ2v) is 7.05. The van der Waals surface area contributed by atoms with Crippen molar-refractivity contribution in [2.24, 2.45) is 24.3 Å². The van der Waals surface area contributed by atoms with Gasteiger partial charge in [-0.05, 0) is 49.5 Å². The van der Waals surface area contributed by atoms with Crippen molar-refractivity contribution in [1.82, 2.24) is 20.1 Å². The van der Waals surface area contributed by atoms with E-state index in [2.05, 4.69) is 36.2 Å². The van der Waals surface area contributed by atoms with Crippen molar-refractivity contribution >= 4 is 0 Å². The van der Waals surface area contributed by atoms with E-state index in [9.17, 15) is 0 Å². The molecule has 1 saturated carbocycles. The first-order valence-corrected chi connectivity index (χ1v) is 7.50. The van der Waals surface area contributed by atoms with E-state index in [1.165, 1.54) is 25.7 Å². The van der Waals surface area contributed by atoms with Crippen molar-refractivity contribution in [3.8, 4) is 0 Å². The molecule has 0 bridgehead atoms. The molecule has 0 aromatic carbocycles. The smallest absolute Gasteiger partial charge is 0.164 e. The monoisotopic (exact) mass is 264 g/mol. The molecule has 1 heterocycles. The molecule has 108 valence electrons. The Labute approximate surface area is 117 Å². The second-order valence-electron chi connectivity index (χ2n) is 7.05. The summed E-state index contributed by atoms with van der Waals surface area (Å²) >= 11 is 0. The van der Waals surface area contributed by atoms with E-state index in [4.69, 9.17) is 0 Å². The summed E-state index contributed by atoms with van der Waals surface area (Å²) in [5.41, 5.74) is 0.482. The fourth-order valence-electron chi connectivity index (χ4n) is 3.09. The predicted octanol–water partition coefficient (Wildman–Crippen LogP) is 2.76. The highest BCUT2D eigenvalue weighted by Crippen LogP contribution is 2.39. The van der Waals surface area contributed by atoms with Gasteiger partial charge in [-0.25, -0.2) is 4.98 Å². The van der Waals surface area contributed by atoms with Crippen molar-refractivity contribution in [2.45, 2.75) is 53.0 Å². The van der Waals surface area contributed by atoms with E-state index in [-0.39, 0.29) is 0 Å². The van der Waals surface area contributed by atoms with Crippen LogP contribution in [0.25, 0.3) is 0 Å². The number of hydrogen-bond acceptors (Lipinski definition) is 3. The molecule has 4 nitrogen and oxygen atoms in total. The molecular weight excluding hydrogens is 236 g/mol. The summed E-state index contributed by atoms with van der Waals surface area (Å²) in [6.07, 6.45) is 7.26. The Morgan fingerprint density at radius 1 is 1.26 bits per heavy atom. The molecule has 2 rings (SSSR count). The molecule has 0 radical (unpaired) electrons. The van der Waals surface area contributed by atoms with Gasteiger partial charge in [0.15, 0.2) is 5.82 Å². The number of nitrogens with one attached hydrogen (secondary N) is 1. The van der Waals surface area contributed by atoms with Crippen LogP contribution in [0.1, 0.15) is 52.3 Å².